The molecular weight excluding hydrogens is 320 g/mol. The number of aliphatic hydroxyl groups excluding tert-OH is 1. The van der Waals surface area contributed by atoms with Crippen molar-refractivity contribution in [2.24, 2.45) is 5.92 Å². The van der Waals surface area contributed by atoms with E-state index >= 15 is 0 Å². The number of pyridine rings is 1. The summed E-state index contributed by atoms with van der Waals surface area (Å²) in [5.41, 5.74) is 1.70. The second-order valence-electron chi connectivity index (χ2n) is 6.55. The molecule has 1 amide bonds. The molecular formula is C19H20N2O4. The van der Waals surface area contributed by atoms with Crippen LogP contribution in [0, 0.1) is 5.92 Å². The van der Waals surface area contributed by atoms with Gasteiger partial charge < -0.3 is 19.9 Å². The third kappa shape index (κ3) is 3.44. The third-order valence-electron chi connectivity index (χ3n) is 4.75. The van der Waals surface area contributed by atoms with E-state index in [0.717, 1.165) is 11.3 Å². The Labute approximate surface area is 145 Å². The molecule has 1 fully saturated rings. The molecule has 0 radical (unpaired) electrons. The van der Waals surface area contributed by atoms with Gasteiger partial charge in [0.15, 0.2) is 11.5 Å². The Morgan fingerprint density at radius 2 is 2.08 bits per heavy atom. The molecule has 2 heterocycles. The van der Waals surface area contributed by atoms with E-state index < -0.39 is 0 Å². The fourth-order valence-electron chi connectivity index (χ4n) is 3.36. The molecule has 25 heavy (non-hydrogen) atoms. The largest absolute Gasteiger partial charge is 0.454 e. The van der Waals surface area contributed by atoms with Crippen LogP contribution in [0.4, 0.5) is 0 Å². The van der Waals surface area contributed by atoms with E-state index in [1.807, 2.05) is 36.4 Å². The number of aliphatic hydroxyl groups is 1. The summed E-state index contributed by atoms with van der Waals surface area (Å²) in [6.07, 6.45) is 3.08. The van der Waals surface area contributed by atoms with Crippen LogP contribution in [0.2, 0.25) is 0 Å². The first-order chi connectivity index (χ1) is 12.2. The summed E-state index contributed by atoms with van der Waals surface area (Å²) in [6, 6.07) is 11.0. The summed E-state index contributed by atoms with van der Waals surface area (Å²) >= 11 is 0. The van der Waals surface area contributed by atoms with Crippen molar-refractivity contribution >= 4 is 5.91 Å². The summed E-state index contributed by atoms with van der Waals surface area (Å²) < 4.78 is 10.6. The molecule has 6 nitrogen and oxygen atoms in total. The number of hydrogen-bond donors (Lipinski definition) is 2. The summed E-state index contributed by atoms with van der Waals surface area (Å²) in [6.45, 7) is 0.219. The number of nitrogens with one attached hydrogen (secondary N) is 1. The molecule has 1 aliphatic carbocycles. The van der Waals surface area contributed by atoms with Crippen LogP contribution in [0.5, 0.6) is 11.5 Å². The van der Waals surface area contributed by atoms with E-state index in [4.69, 9.17) is 9.47 Å². The number of ether oxygens (including phenoxy) is 2. The Hall–Kier alpha value is -2.60. The number of nitrogens with zero attached hydrogens (tertiary/aromatic N) is 1. The van der Waals surface area contributed by atoms with Gasteiger partial charge in [0.25, 0.3) is 0 Å². The van der Waals surface area contributed by atoms with Gasteiger partial charge in [0, 0.05) is 6.20 Å². The first-order valence-electron chi connectivity index (χ1n) is 8.46. The average Bonchev–Trinajstić information content (AvgIpc) is 3.06. The Kier molecular flexibility index (Phi) is 4.28. The lowest BCUT2D eigenvalue weighted by Crippen LogP contribution is -2.42. The van der Waals surface area contributed by atoms with Gasteiger partial charge in [-0.3, -0.25) is 9.78 Å². The summed E-state index contributed by atoms with van der Waals surface area (Å²) in [5, 5.41) is 12.7. The zero-order chi connectivity index (χ0) is 17.2. The van der Waals surface area contributed by atoms with Crippen LogP contribution in [0.25, 0.3) is 0 Å². The number of hydrogen-bond acceptors (Lipinski definition) is 5. The molecule has 0 unspecified atom stereocenters. The van der Waals surface area contributed by atoms with Crippen molar-refractivity contribution in [1.82, 2.24) is 10.3 Å². The maximum Gasteiger partial charge on any atom is 0.231 e. The fraction of sp³-hybridized carbons (Fsp3) is 0.368. The smallest absolute Gasteiger partial charge is 0.231 e. The van der Waals surface area contributed by atoms with Gasteiger partial charge in [-0.25, -0.2) is 0 Å². The van der Waals surface area contributed by atoms with E-state index in [2.05, 4.69) is 10.3 Å². The third-order valence-corrected chi connectivity index (χ3v) is 4.75. The number of carbonyl (C=O) groups is 1. The van der Waals surface area contributed by atoms with Gasteiger partial charge in [0.05, 0.1) is 24.3 Å². The Balaban J connectivity index is 1.45. The number of carbonyl (C=O) groups excluding carboxylic acids is 1. The van der Waals surface area contributed by atoms with E-state index in [-0.39, 0.29) is 37.2 Å². The molecule has 1 aliphatic heterocycles. The normalized spacial score (nSPS) is 22.1. The topological polar surface area (TPSA) is 80.7 Å². The summed E-state index contributed by atoms with van der Waals surface area (Å²) in [7, 11) is 0. The minimum Gasteiger partial charge on any atom is -0.454 e. The Morgan fingerprint density at radius 3 is 2.84 bits per heavy atom. The summed E-state index contributed by atoms with van der Waals surface area (Å²) in [4.78, 5) is 16.9. The zero-order valence-corrected chi connectivity index (χ0v) is 13.7. The second-order valence-corrected chi connectivity index (χ2v) is 6.55. The molecule has 4 rings (SSSR count). The minimum absolute atomic E-state index is 0.0732. The molecule has 130 valence electrons. The van der Waals surface area contributed by atoms with Crippen molar-refractivity contribution < 1.29 is 19.4 Å². The predicted molar refractivity (Wildman–Crippen MR) is 90.1 cm³/mol. The van der Waals surface area contributed by atoms with Crippen molar-refractivity contribution in [3.8, 4) is 11.5 Å². The standard InChI is InChI=1S/C19H20N2O4/c22-14-9-13(10-14)19(15-3-1-2-6-20-15)21-18(23)8-12-4-5-16-17(7-12)25-11-24-16/h1-7,13-14,19,22H,8-11H2,(H,21,23)/t13?,14?,19-/m1/s1. The van der Waals surface area contributed by atoms with Crippen LogP contribution < -0.4 is 14.8 Å². The Bertz CT molecular complexity index is 759. The summed E-state index contributed by atoms with van der Waals surface area (Å²) in [5.74, 6) is 1.52. The van der Waals surface area contributed by atoms with Crippen LogP contribution in [0.15, 0.2) is 42.6 Å². The number of benzene rings is 1. The van der Waals surface area contributed by atoms with Gasteiger partial charge in [-0.05, 0) is 48.6 Å². The van der Waals surface area contributed by atoms with Gasteiger partial charge in [-0.15, -0.1) is 0 Å². The molecule has 1 aromatic carbocycles. The molecule has 2 aliphatic rings. The molecule has 1 atom stereocenters. The van der Waals surface area contributed by atoms with Crippen LogP contribution in [0.3, 0.4) is 0 Å². The molecule has 0 spiro atoms. The maximum atomic E-state index is 12.5. The minimum atomic E-state index is -0.276. The molecule has 6 heteroatoms. The van der Waals surface area contributed by atoms with E-state index in [9.17, 15) is 9.90 Å². The van der Waals surface area contributed by atoms with Gasteiger partial charge in [0.1, 0.15) is 0 Å². The highest BCUT2D eigenvalue weighted by Gasteiger charge is 2.36. The second kappa shape index (κ2) is 6.72. The highest BCUT2D eigenvalue weighted by molar-refractivity contribution is 5.79. The van der Waals surface area contributed by atoms with Crippen molar-refractivity contribution in [3.05, 3.63) is 53.9 Å². The molecule has 2 aromatic rings. The lowest BCUT2D eigenvalue weighted by atomic mass is 9.76. The van der Waals surface area contributed by atoms with Crippen molar-refractivity contribution in [3.63, 3.8) is 0 Å². The Morgan fingerprint density at radius 1 is 1.24 bits per heavy atom. The van der Waals surface area contributed by atoms with Gasteiger partial charge in [0.2, 0.25) is 12.7 Å². The van der Waals surface area contributed by atoms with Crippen molar-refractivity contribution in [1.29, 1.82) is 0 Å². The molecule has 2 N–H and O–H groups in total. The van der Waals surface area contributed by atoms with Gasteiger partial charge >= 0.3 is 0 Å². The van der Waals surface area contributed by atoms with Crippen molar-refractivity contribution in [2.45, 2.75) is 31.4 Å². The van der Waals surface area contributed by atoms with E-state index in [1.54, 1.807) is 6.20 Å². The average molecular weight is 340 g/mol. The number of fused-ring (bicyclic) bond motifs is 1. The SMILES string of the molecule is O=C(Cc1ccc2c(c1)OCO2)N[C@@H](c1ccccn1)C1CC(O)C1. The lowest BCUT2D eigenvalue weighted by Gasteiger charge is -2.37. The molecule has 1 saturated carbocycles. The highest BCUT2D eigenvalue weighted by atomic mass is 16.7. The van der Waals surface area contributed by atoms with E-state index in [0.29, 0.717) is 24.3 Å². The fourth-order valence-corrected chi connectivity index (χ4v) is 3.36. The predicted octanol–water partition coefficient (Wildman–Crippen LogP) is 1.98. The molecule has 0 saturated heterocycles. The van der Waals surface area contributed by atoms with Crippen molar-refractivity contribution in [2.75, 3.05) is 6.79 Å². The first-order valence-corrected chi connectivity index (χ1v) is 8.46. The number of aromatic nitrogens is 1. The molecule has 1 aromatic heterocycles. The number of amides is 1. The lowest BCUT2D eigenvalue weighted by molar-refractivity contribution is -0.122. The zero-order valence-electron chi connectivity index (χ0n) is 13.7. The quantitative estimate of drug-likeness (QED) is 0.870. The van der Waals surface area contributed by atoms with Crippen LogP contribution >= 0.6 is 0 Å². The first kappa shape index (κ1) is 15.9. The maximum absolute atomic E-state index is 12.5. The monoisotopic (exact) mass is 340 g/mol. The van der Waals surface area contributed by atoms with Gasteiger partial charge in [-0.2, -0.15) is 0 Å². The van der Waals surface area contributed by atoms with Crippen LogP contribution in [-0.4, -0.2) is 28.9 Å². The highest BCUT2D eigenvalue weighted by Crippen LogP contribution is 2.37. The molecule has 0 bridgehead atoms. The van der Waals surface area contributed by atoms with Crippen LogP contribution in [-0.2, 0) is 11.2 Å². The van der Waals surface area contributed by atoms with Crippen LogP contribution in [0.1, 0.15) is 30.1 Å². The number of rotatable bonds is 5. The van der Waals surface area contributed by atoms with Gasteiger partial charge in [-0.1, -0.05) is 12.1 Å². The van der Waals surface area contributed by atoms with E-state index in [1.165, 1.54) is 0 Å².